The van der Waals surface area contributed by atoms with Crippen molar-refractivity contribution in [3.63, 3.8) is 0 Å². The third-order valence-corrected chi connectivity index (χ3v) is 13.8. The topological polar surface area (TPSA) is 104 Å². The van der Waals surface area contributed by atoms with Crippen molar-refractivity contribution in [2.24, 2.45) is 5.92 Å². The lowest BCUT2D eigenvalue weighted by Gasteiger charge is -2.44. The number of benzene rings is 2. The van der Waals surface area contributed by atoms with Crippen molar-refractivity contribution in [1.29, 1.82) is 0 Å². The van der Waals surface area contributed by atoms with E-state index in [2.05, 4.69) is 77.6 Å². The molecule has 3 aliphatic carbocycles. The summed E-state index contributed by atoms with van der Waals surface area (Å²) in [4.78, 5) is 33.0. The van der Waals surface area contributed by atoms with Crippen molar-refractivity contribution in [2.45, 2.75) is 89.4 Å². The van der Waals surface area contributed by atoms with E-state index in [0.29, 0.717) is 44.2 Å². The van der Waals surface area contributed by atoms with Crippen LogP contribution >= 0.6 is 0 Å². The van der Waals surface area contributed by atoms with Crippen LogP contribution in [0.3, 0.4) is 0 Å². The first-order valence-corrected chi connectivity index (χ1v) is 20.6. The normalized spacial score (nSPS) is 24.9. The zero-order valence-electron chi connectivity index (χ0n) is 31.5. The Hall–Kier alpha value is -4.19. The monoisotopic (exact) mass is 737 g/mol. The molecule has 8 rings (SSSR count). The molecule has 0 bridgehead atoms. The Labute approximate surface area is 313 Å². The maximum Gasteiger partial charge on any atom is 0.303 e. The van der Waals surface area contributed by atoms with Gasteiger partial charge in [0.1, 0.15) is 12.4 Å². The maximum atomic E-state index is 14.8. The number of carbonyl (C=O) groups excluding carboxylic acids is 2. The number of amides is 2. The van der Waals surface area contributed by atoms with E-state index in [1.807, 2.05) is 23.1 Å². The molecule has 2 aromatic carbocycles. The molecule has 10 nitrogen and oxygen atoms in total. The van der Waals surface area contributed by atoms with Crippen LogP contribution in [0.2, 0.25) is 0 Å². The molecule has 1 aromatic heterocycles. The second-order valence-corrected chi connectivity index (χ2v) is 17.8. The van der Waals surface area contributed by atoms with Crippen molar-refractivity contribution >= 4 is 32.9 Å². The zero-order valence-corrected chi connectivity index (χ0v) is 32.3. The summed E-state index contributed by atoms with van der Waals surface area (Å²) in [6, 6.07) is 17.2. The van der Waals surface area contributed by atoms with Gasteiger partial charge in [-0.2, -0.15) is 12.7 Å². The van der Waals surface area contributed by atoms with Crippen LogP contribution in [0.1, 0.15) is 81.0 Å². The molecule has 2 aliphatic heterocycles. The average Bonchev–Trinajstić information content (AvgIpc) is 3.78. The van der Waals surface area contributed by atoms with E-state index in [0.717, 1.165) is 61.8 Å². The number of piperazine rings is 1. The highest BCUT2D eigenvalue weighted by molar-refractivity contribution is 7.87. The van der Waals surface area contributed by atoms with Crippen LogP contribution in [0.5, 0.6) is 5.75 Å². The highest BCUT2D eigenvalue weighted by Crippen LogP contribution is 2.55. The maximum absolute atomic E-state index is 14.8. The summed E-state index contributed by atoms with van der Waals surface area (Å²) in [6.45, 7) is 6.50. The van der Waals surface area contributed by atoms with Gasteiger partial charge < -0.3 is 14.2 Å². The molecule has 280 valence electrons. The lowest BCUT2D eigenvalue weighted by Crippen LogP contribution is -2.57. The number of fused-ring (bicyclic) bond motifs is 6. The smallest absolute Gasteiger partial charge is 0.303 e. The summed E-state index contributed by atoms with van der Waals surface area (Å²) in [5.74, 6) is -0.0194. The fourth-order valence-corrected chi connectivity index (χ4v) is 9.79. The number of nitrogens with one attached hydrogen (secondary N) is 1. The van der Waals surface area contributed by atoms with Gasteiger partial charge in [-0.05, 0) is 86.1 Å². The summed E-state index contributed by atoms with van der Waals surface area (Å²) in [6.07, 6.45) is 10.5. The SMILES string of the molecule is C[C@@H]1CN(C(=O)[C@@H]2CC=CC3=C4C(=C4C(=O)NS(=O)(=O)N(C)C)Cn4c(cc5c(OCc6ccccc6)ccc(C6CCCCC6)c54)C32)C[C@H](C)N1C. The number of aromatic nitrogens is 1. The number of rotatable bonds is 8. The van der Waals surface area contributed by atoms with Gasteiger partial charge in [0.05, 0.1) is 17.0 Å². The average molecular weight is 738 g/mol. The Kier molecular flexibility index (Phi) is 9.40. The van der Waals surface area contributed by atoms with E-state index in [1.54, 1.807) is 0 Å². The quantitative estimate of drug-likeness (QED) is 0.304. The van der Waals surface area contributed by atoms with E-state index >= 15 is 0 Å². The Balaban J connectivity index is 1.29. The second-order valence-electron chi connectivity index (χ2n) is 15.9. The number of carbonyl (C=O) groups is 2. The van der Waals surface area contributed by atoms with Gasteiger partial charge in [0.2, 0.25) is 5.91 Å². The van der Waals surface area contributed by atoms with Crippen LogP contribution in [-0.2, 0) is 33.0 Å². The molecule has 4 atom stereocenters. The minimum Gasteiger partial charge on any atom is -0.488 e. The highest BCUT2D eigenvalue weighted by atomic mass is 32.2. The third kappa shape index (κ3) is 6.44. The van der Waals surface area contributed by atoms with Gasteiger partial charge in [-0.15, -0.1) is 0 Å². The number of hydrogen-bond donors (Lipinski definition) is 1. The standard InChI is InChI=1S/C42H51N5O5S/c1-26-22-46(23-27(2)45(26)5)42(49)32-18-12-17-31-37(32)35-21-33-36(52-25-28-13-8-6-9-14-28)20-19-30(29-15-10-7-11-16-29)40(33)47(35)24-34-38(31)39(34)41(48)43-53(50,51)44(3)4/h6,8-9,12-14,17,19-21,26-27,29,32,37H,7,10-11,15-16,18,22-25H2,1-5H3,(H,43,48)/t26-,27+,32-,37?/m1/s1. The van der Waals surface area contributed by atoms with Crippen molar-refractivity contribution in [2.75, 3.05) is 34.2 Å². The molecule has 1 saturated heterocycles. The molecular formula is C42H51N5O5S. The van der Waals surface area contributed by atoms with Gasteiger partial charge in [-0.25, -0.2) is 4.72 Å². The van der Waals surface area contributed by atoms with Crippen LogP contribution in [-0.4, -0.2) is 85.2 Å². The van der Waals surface area contributed by atoms with Gasteiger partial charge in [0.25, 0.3) is 5.91 Å². The summed E-state index contributed by atoms with van der Waals surface area (Å²) >= 11 is 0. The molecule has 1 saturated carbocycles. The van der Waals surface area contributed by atoms with Gasteiger partial charge >= 0.3 is 10.2 Å². The first-order chi connectivity index (χ1) is 25.4. The van der Waals surface area contributed by atoms with E-state index in [4.69, 9.17) is 4.74 Å². The van der Waals surface area contributed by atoms with Gasteiger partial charge in [-0.1, -0.05) is 67.8 Å². The molecule has 3 aromatic rings. The summed E-state index contributed by atoms with van der Waals surface area (Å²) in [5, 5.41) is 1.02. The van der Waals surface area contributed by atoms with Crippen LogP contribution in [0.25, 0.3) is 10.9 Å². The molecule has 3 heterocycles. The molecule has 1 unspecified atom stereocenters. The fraction of sp³-hybridized carbons (Fsp3) is 0.476. The fourth-order valence-electron chi connectivity index (χ4n) is 9.27. The van der Waals surface area contributed by atoms with E-state index < -0.39 is 16.1 Å². The van der Waals surface area contributed by atoms with Crippen LogP contribution in [0.4, 0.5) is 0 Å². The van der Waals surface area contributed by atoms with Crippen molar-refractivity contribution in [1.82, 2.24) is 23.4 Å². The molecule has 2 amide bonds. The molecule has 53 heavy (non-hydrogen) atoms. The van der Waals surface area contributed by atoms with E-state index in [1.165, 1.54) is 38.9 Å². The number of ether oxygens (including phenoxy) is 1. The second kappa shape index (κ2) is 13.9. The molecule has 0 spiro atoms. The Morgan fingerprint density at radius 3 is 2.40 bits per heavy atom. The molecule has 1 N–H and O–H groups in total. The van der Waals surface area contributed by atoms with Gasteiger partial charge in [0, 0.05) is 62.8 Å². The molecule has 0 radical (unpaired) electrons. The van der Waals surface area contributed by atoms with Crippen LogP contribution < -0.4 is 9.46 Å². The number of allylic oxidation sites excluding steroid dienone is 4. The third-order valence-electron chi connectivity index (χ3n) is 12.4. The predicted molar refractivity (Wildman–Crippen MR) is 207 cm³/mol. The minimum atomic E-state index is -4.01. The molecule has 2 fully saturated rings. The van der Waals surface area contributed by atoms with Crippen molar-refractivity contribution in [3.05, 3.63) is 99.8 Å². The van der Waals surface area contributed by atoms with E-state index in [9.17, 15) is 18.0 Å². The Bertz CT molecular complexity index is 2150. The zero-order chi connectivity index (χ0) is 37.2. The summed E-state index contributed by atoms with van der Waals surface area (Å²) < 4.78 is 37.9. The highest BCUT2D eigenvalue weighted by Gasteiger charge is 2.48. The van der Waals surface area contributed by atoms with Crippen molar-refractivity contribution < 1.29 is 22.7 Å². The summed E-state index contributed by atoms with van der Waals surface area (Å²) in [7, 11) is 0.919. The minimum absolute atomic E-state index is 0.124. The summed E-state index contributed by atoms with van der Waals surface area (Å²) in [5.41, 5.74) is 7.46. The van der Waals surface area contributed by atoms with Crippen molar-refractivity contribution in [3.8, 4) is 5.75 Å². The Morgan fingerprint density at radius 1 is 0.981 bits per heavy atom. The largest absolute Gasteiger partial charge is 0.488 e. The number of hydrogen-bond acceptors (Lipinski definition) is 6. The first kappa shape index (κ1) is 35.8. The lowest BCUT2D eigenvalue weighted by atomic mass is 9.75. The predicted octanol–water partition coefficient (Wildman–Crippen LogP) is 6.02. The van der Waals surface area contributed by atoms with Gasteiger partial charge in [0.15, 0.2) is 0 Å². The van der Waals surface area contributed by atoms with E-state index in [-0.39, 0.29) is 29.8 Å². The Morgan fingerprint density at radius 2 is 1.70 bits per heavy atom. The number of likely N-dealkylation sites (N-methyl/N-ethyl adjacent to an activating group) is 1. The lowest BCUT2D eigenvalue weighted by molar-refractivity contribution is -0.140. The molecule has 11 heteroatoms. The first-order valence-electron chi connectivity index (χ1n) is 19.2. The van der Waals surface area contributed by atoms with Crippen LogP contribution in [0, 0.1) is 5.92 Å². The molecule has 5 aliphatic rings. The number of nitrogens with zero attached hydrogens (tertiary/aromatic N) is 4. The molecular weight excluding hydrogens is 687 g/mol. The van der Waals surface area contributed by atoms with Crippen LogP contribution in [0.15, 0.2) is 83.0 Å². The van der Waals surface area contributed by atoms with Gasteiger partial charge in [-0.3, -0.25) is 14.5 Å².